The molecule has 1 aromatic rings. The molecule has 1 amide bonds. The minimum atomic E-state index is -0.0162. The summed E-state index contributed by atoms with van der Waals surface area (Å²) in [4.78, 5) is 12.0. The number of anilines is 1. The number of rotatable bonds is 2. The maximum atomic E-state index is 12.0. The number of ether oxygens (including phenoxy) is 1. The molecule has 1 aliphatic rings. The number of nitrogens with one attached hydrogen (secondary N) is 1. The normalized spacial score (nSPS) is 16.8. The smallest absolute Gasteiger partial charge is 0.227 e. The minimum absolute atomic E-state index is 0.00111. The summed E-state index contributed by atoms with van der Waals surface area (Å²) < 4.78 is 5.22. The van der Waals surface area contributed by atoms with Gasteiger partial charge in [0, 0.05) is 24.2 Å². The van der Waals surface area contributed by atoms with Crippen molar-refractivity contribution in [3.8, 4) is 0 Å². The third kappa shape index (κ3) is 3.35. The third-order valence-electron chi connectivity index (χ3n) is 2.78. The van der Waals surface area contributed by atoms with Gasteiger partial charge in [0.05, 0.1) is 10.7 Å². The quantitative estimate of drug-likeness (QED) is 0.898. The van der Waals surface area contributed by atoms with E-state index in [9.17, 15) is 4.79 Å². The molecule has 92 valence electrons. The van der Waals surface area contributed by atoms with Gasteiger partial charge >= 0.3 is 0 Å². The lowest BCUT2D eigenvalue weighted by Crippen LogP contribution is -2.28. The van der Waals surface area contributed by atoms with Gasteiger partial charge in [-0.2, -0.15) is 0 Å². The molecule has 1 heterocycles. The van der Waals surface area contributed by atoms with Gasteiger partial charge in [-0.3, -0.25) is 4.79 Å². The molecule has 2 rings (SSSR count). The summed E-state index contributed by atoms with van der Waals surface area (Å²) in [6, 6.07) is 5.01. The molecule has 5 heteroatoms. The highest BCUT2D eigenvalue weighted by Crippen LogP contribution is 2.26. The molecule has 1 saturated heterocycles. The number of carbonyl (C=O) groups excluding carboxylic acids is 1. The predicted octanol–water partition coefficient (Wildman–Crippen LogP) is 3.36. The van der Waals surface area contributed by atoms with Gasteiger partial charge in [-0.15, -0.1) is 0 Å². The molecule has 0 radical (unpaired) electrons. The Kier molecular flexibility index (Phi) is 4.26. The van der Waals surface area contributed by atoms with Crippen LogP contribution in [0.25, 0.3) is 0 Å². The van der Waals surface area contributed by atoms with Gasteiger partial charge < -0.3 is 10.1 Å². The standard InChI is InChI=1S/C12H13Cl2NO2/c13-9-1-2-10(14)11(7-9)15-12(16)8-3-5-17-6-4-8/h1-2,7-8H,3-6H2,(H,15,16). The average molecular weight is 274 g/mol. The zero-order chi connectivity index (χ0) is 12.3. The van der Waals surface area contributed by atoms with Crippen molar-refractivity contribution in [1.82, 2.24) is 0 Å². The molecular formula is C12H13Cl2NO2. The van der Waals surface area contributed by atoms with E-state index in [4.69, 9.17) is 27.9 Å². The molecule has 1 fully saturated rings. The van der Waals surface area contributed by atoms with E-state index in [0.717, 1.165) is 12.8 Å². The summed E-state index contributed by atoms with van der Waals surface area (Å²) in [7, 11) is 0. The van der Waals surface area contributed by atoms with Crippen LogP contribution in [-0.2, 0) is 9.53 Å². The molecule has 1 aromatic carbocycles. The van der Waals surface area contributed by atoms with Gasteiger partial charge in [0.25, 0.3) is 0 Å². The van der Waals surface area contributed by atoms with Crippen LogP contribution in [0.5, 0.6) is 0 Å². The number of hydrogen-bond donors (Lipinski definition) is 1. The van der Waals surface area contributed by atoms with E-state index in [1.54, 1.807) is 18.2 Å². The summed E-state index contributed by atoms with van der Waals surface area (Å²) >= 11 is 11.8. The molecule has 0 atom stereocenters. The Morgan fingerprint density at radius 1 is 1.29 bits per heavy atom. The second-order valence-corrected chi connectivity index (χ2v) is 4.84. The number of benzene rings is 1. The second-order valence-electron chi connectivity index (χ2n) is 4.00. The van der Waals surface area contributed by atoms with Crippen molar-refractivity contribution in [3.05, 3.63) is 28.2 Å². The average Bonchev–Trinajstić information content (AvgIpc) is 2.35. The van der Waals surface area contributed by atoms with E-state index < -0.39 is 0 Å². The molecule has 0 bridgehead atoms. The molecule has 0 aromatic heterocycles. The fourth-order valence-corrected chi connectivity index (χ4v) is 2.12. The molecule has 1 aliphatic heterocycles. The summed E-state index contributed by atoms with van der Waals surface area (Å²) in [5, 5.41) is 3.86. The first-order valence-electron chi connectivity index (χ1n) is 5.50. The Morgan fingerprint density at radius 3 is 2.71 bits per heavy atom. The minimum Gasteiger partial charge on any atom is -0.381 e. The van der Waals surface area contributed by atoms with Crippen molar-refractivity contribution in [2.75, 3.05) is 18.5 Å². The van der Waals surface area contributed by atoms with Crippen molar-refractivity contribution >= 4 is 34.8 Å². The lowest BCUT2D eigenvalue weighted by atomic mass is 9.99. The molecule has 17 heavy (non-hydrogen) atoms. The Bertz CT molecular complexity index is 417. The van der Waals surface area contributed by atoms with E-state index >= 15 is 0 Å². The molecule has 0 saturated carbocycles. The number of hydrogen-bond acceptors (Lipinski definition) is 2. The van der Waals surface area contributed by atoms with Crippen molar-refractivity contribution in [3.63, 3.8) is 0 Å². The summed E-state index contributed by atoms with van der Waals surface area (Å²) in [5.41, 5.74) is 0.565. The maximum Gasteiger partial charge on any atom is 0.227 e. The van der Waals surface area contributed by atoms with Crippen LogP contribution < -0.4 is 5.32 Å². The summed E-state index contributed by atoms with van der Waals surface area (Å²) in [6.07, 6.45) is 1.51. The van der Waals surface area contributed by atoms with Crippen LogP contribution in [0.3, 0.4) is 0 Å². The van der Waals surface area contributed by atoms with Gasteiger partial charge in [0.15, 0.2) is 0 Å². The molecule has 0 unspecified atom stereocenters. The second kappa shape index (κ2) is 5.71. The zero-order valence-electron chi connectivity index (χ0n) is 9.21. The molecule has 1 N–H and O–H groups in total. The highest BCUT2D eigenvalue weighted by molar-refractivity contribution is 6.35. The first-order valence-corrected chi connectivity index (χ1v) is 6.26. The van der Waals surface area contributed by atoms with E-state index in [2.05, 4.69) is 5.32 Å². The van der Waals surface area contributed by atoms with Gasteiger partial charge in [0.1, 0.15) is 0 Å². The van der Waals surface area contributed by atoms with Crippen molar-refractivity contribution in [2.24, 2.45) is 5.92 Å². The molecule has 0 spiro atoms. The molecule has 0 aliphatic carbocycles. The Hall–Kier alpha value is -0.770. The van der Waals surface area contributed by atoms with Crippen LogP contribution in [0.1, 0.15) is 12.8 Å². The van der Waals surface area contributed by atoms with Crippen LogP contribution in [0.4, 0.5) is 5.69 Å². The van der Waals surface area contributed by atoms with Crippen LogP contribution in [0, 0.1) is 5.92 Å². The Labute approximate surface area is 110 Å². The van der Waals surface area contributed by atoms with Crippen molar-refractivity contribution < 1.29 is 9.53 Å². The SMILES string of the molecule is O=C(Nc1cc(Cl)ccc1Cl)C1CCOCC1. The fraction of sp³-hybridized carbons (Fsp3) is 0.417. The predicted molar refractivity (Wildman–Crippen MR) is 68.6 cm³/mol. The first-order chi connectivity index (χ1) is 8.16. The largest absolute Gasteiger partial charge is 0.381 e. The van der Waals surface area contributed by atoms with Gasteiger partial charge in [0.2, 0.25) is 5.91 Å². The van der Waals surface area contributed by atoms with E-state index in [1.165, 1.54) is 0 Å². The Morgan fingerprint density at radius 2 is 2.00 bits per heavy atom. The highest BCUT2D eigenvalue weighted by Gasteiger charge is 2.22. The lowest BCUT2D eigenvalue weighted by Gasteiger charge is -2.21. The highest BCUT2D eigenvalue weighted by atomic mass is 35.5. The fourth-order valence-electron chi connectivity index (χ4n) is 1.79. The number of halogens is 2. The maximum absolute atomic E-state index is 12.0. The van der Waals surface area contributed by atoms with Crippen molar-refractivity contribution in [1.29, 1.82) is 0 Å². The van der Waals surface area contributed by atoms with E-state index in [1.807, 2.05) is 0 Å². The molecule has 3 nitrogen and oxygen atoms in total. The van der Waals surface area contributed by atoms with Crippen LogP contribution >= 0.6 is 23.2 Å². The number of carbonyl (C=O) groups is 1. The van der Waals surface area contributed by atoms with E-state index in [-0.39, 0.29) is 11.8 Å². The van der Waals surface area contributed by atoms with Crippen LogP contribution in [-0.4, -0.2) is 19.1 Å². The van der Waals surface area contributed by atoms with E-state index in [0.29, 0.717) is 28.9 Å². The zero-order valence-corrected chi connectivity index (χ0v) is 10.7. The summed E-state index contributed by atoms with van der Waals surface area (Å²) in [6.45, 7) is 1.28. The number of amides is 1. The van der Waals surface area contributed by atoms with Crippen LogP contribution in [0.2, 0.25) is 10.0 Å². The van der Waals surface area contributed by atoms with Crippen LogP contribution in [0.15, 0.2) is 18.2 Å². The van der Waals surface area contributed by atoms with Gasteiger partial charge in [-0.25, -0.2) is 0 Å². The Balaban J connectivity index is 2.04. The van der Waals surface area contributed by atoms with Crippen molar-refractivity contribution in [2.45, 2.75) is 12.8 Å². The van der Waals surface area contributed by atoms with Gasteiger partial charge in [-0.05, 0) is 31.0 Å². The first kappa shape index (κ1) is 12.7. The topological polar surface area (TPSA) is 38.3 Å². The lowest BCUT2D eigenvalue weighted by molar-refractivity contribution is -0.122. The van der Waals surface area contributed by atoms with Gasteiger partial charge in [-0.1, -0.05) is 23.2 Å². The summed E-state index contributed by atoms with van der Waals surface area (Å²) in [5.74, 6) is -0.0173. The third-order valence-corrected chi connectivity index (χ3v) is 3.34. The monoisotopic (exact) mass is 273 g/mol. The molecular weight excluding hydrogens is 261 g/mol.